The zero-order valence-corrected chi connectivity index (χ0v) is 31.1. The van der Waals surface area contributed by atoms with E-state index in [1.807, 2.05) is 13.8 Å². The lowest BCUT2D eigenvalue weighted by molar-refractivity contribution is -0.148. The number of benzene rings is 2. The minimum atomic E-state index is -0.845. The normalized spacial score (nSPS) is 23.8. The van der Waals surface area contributed by atoms with Gasteiger partial charge in [-0.15, -0.1) is 0 Å². The highest BCUT2D eigenvalue weighted by Gasteiger charge is 2.60. The van der Waals surface area contributed by atoms with Crippen LogP contribution in [0.5, 0.6) is 0 Å². The van der Waals surface area contributed by atoms with E-state index in [4.69, 9.17) is 18.9 Å². The van der Waals surface area contributed by atoms with Crippen molar-refractivity contribution in [2.75, 3.05) is 13.2 Å². The summed E-state index contributed by atoms with van der Waals surface area (Å²) >= 11 is 0. The fourth-order valence-electron chi connectivity index (χ4n) is 6.69. The minimum Gasteiger partial charge on any atom is -0.456 e. The number of carbonyl (C=O) groups is 6. The number of amides is 2. The van der Waals surface area contributed by atoms with Gasteiger partial charge >= 0.3 is 24.1 Å². The van der Waals surface area contributed by atoms with Crippen LogP contribution in [0, 0.1) is 11.8 Å². The second-order valence-corrected chi connectivity index (χ2v) is 15.8. The molecular formula is C40H48N2O10. The maximum absolute atomic E-state index is 13.0. The average molecular weight is 717 g/mol. The average Bonchev–Trinajstić information content (AvgIpc) is 3.36. The summed E-state index contributed by atoms with van der Waals surface area (Å²) in [7, 11) is 0. The van der Waals surface area contributed by atoms with Gasteiger partial charge in [0.1, 0.15) is 23.3 Å². The first-order valence-corrected chi connectivity index (χ1v) is 17.6. The van der Waals surface area contributed by atoms with Crippen molar-refractivity contribution in [3.63, 3.8) is 0 Å². The molecule has 278 valence electrons. The van der Waals surface area contributed by atoms with Crippen LogP contribution >= 0.6 is 0 Å². The first-order valence-electron chi connectivity index (χ1n) is 17.6. The molecule has 0 aromatic heterocycles. The molecule has 12 heteroatoms. The smallest absolute Gasteiger partial charge is 0.411 e. The van der Waals surface area contributed by atoms with Gasteiger partial charge in [0.05, 0.1) is 6.04 Å². The third-order valence-electron chi connectivity index (χ3n) is 9.62. The van der Waals surface area contributed by atoms with Crippen LogP contribution in [0.25, 0.3) is 11.1 Å². The molecule has 2 amide bonds. The summed E-state index contributed by atoms with van der Waals surface area (Å²) in [5, 5.41) is 0. The van der Waals surface area contributed by atoms with Crippen molar-refractivity contribution >= 4 is 35.7 Å². The van der Waals surface area contributed by atoms with Crippen molar-refractivity contribution in [1.29, 1.82) is 0 Å². The minimum absolute atomic E-state index is 0.0198. The molecule has 12 nitrogen and oxygen atoms in total. The van der Waals surface area contributed by atoms with E-state index in [2.05, 4.69) is 6.58 Å². The van der Waals surface area contributed by atoms with E-state index in [1.54, 1.807) is 90.1 Å². The third-order valence-corrected chi connectivity index (χ3v) is 9.62. The van der Waals surface area contributed by atoms with Crippen molar-refractivity contribution in [3.8, 4) is 11.1 Å². The number of Topliss-reactive ketones (excluding diaryl/α,β-unsaturated/α-hetero) is 2. The van der Waals surface area contributed by atoms with Crippen LogP contribution in [0.4, 0.5) is 9.59 Å². The van der Waals surface area contributed by atoms with Crippen LogP contribution in [0.15, 0.2) is 60.7 Å². The van der Waals surface area contributed by atoms with Crippen molar-refractivity contribution in [3.05, 3.63) is 71.8 Å². The largest absolute Gasteiger partial charge is 0.456 e. The first kappa shape index (κ1) is 38.2. The van der Waals surface area contributed by atoms with Gasteiger partial charge in [0.25, 0.3) is 0 Å². The van der Waals surface area contributed by atoms with Crippen LogP contribution in [0.2, 0.25) is 0 Å². The second kappa shape index (κ2) is 14.6. The number of fused-ring (bicyclic) bond motifs is 1. The van der Waals surface area contributed by atoms with Crippen molar-refractivity contribution in [2.45, 2.75) is 104 Å². The molecule has 0 bridgehead atoms. The maximum Gasteiger partial charge on any atom is 0.411 e. The van der Waals surface area contributed by atoms with Crippen LogP contribution in [0.1, 0.15) is 88.9 Å². The summed E-state index contributed by atoms with van der Waals surface area (Å²) in [5.41, 5.74) is 1.67. The van der Waals surface area contributed by atoms with Gasteiger partial charge in [-0.1, -0.05) is 62.0 Å². The number of piperidine rings is 1. The molecule has 52 heavy (non-hydrogen) atoms. The predicted octanol–water partition coefficient (Wildman–Crippen LogP) is 6.40. The summed E-state index contributed by atoms with van der Waals surface area (Å²) in [5.74, 6) is -2.04. The molecule has 2 aromatic rings. The van der Waals surface area contributed by atoms with Gasteiger partial charge in [-0.2, -0.15) is 0 Å². The number of esters is 2. The summed E-state index contributed by atoms with van der Waals surface area (Å²) in [6, 6.07) is 11.3. The molecule has 2 aliphatic heterocycles. The lowest BCUT2D eigenvalue weighted by Gasteiger charge is -2.30. The number of likely N-dealkylation sites (tertiary alicyclic amines) is 2. The fourth-order valence-corrected chi connectivity index (χ4v) is 6.69. The topological polar surface area (TPSA) is 146 Å². The number of carbonyl (C=O) groups excluding carboxylic acids is 6. The number of rotatable bonds is 9. The van der Waals surface area contributed by atoms with E-state index in [0.29, 0.717) is 24.0 Å². The molecule has 0 N–H and O–H groups in total. The first-order chi connectivity index (χ1) is 24.3. The monoisotopic (exact) mass is 716 g/mol. The predicted molar refractivity (Wildman–Crippen MR) is 190 cm³/mol. The number of nitrogens with zero attached hydrogens (tertiary/aromatic N) is 2. The molecule has 1 saturated carbocycles. The molecule has 2 aromatic carbocycles. The Morgan fingerprint density at radius 3 is 1.48 bits per heavy atom. The van der Waals surface area contributed by atoms with Crippen molar-refractivity contribution in [1.82, 2.24) is 9.80 Å². The lowest BCUT2D eigenvalue weighted by atomic mass is 10.0. The standard InChI is InChI=1S/C40H48N2O10/c1-22-18-30(41(24(22)3)37(47)51-39(4,5)6)35(45)49-20-32(43)27-14-10-25(11-15-27)26-12-16-28(17-13-26)33(44)21-50-36(46)31-19-29-23(2)34(29)42(31)38(48)52-40(7,8)9/h10-17,22,24,29-31,34H,2,18-21H2,1,3-9H3/t22-,24-,29?,30+,31+,34?/m1/s1. The molecule has 1 aliphatic carbocycles. The SMILES string of the molecule is C=C1C2C[C@@H](C(=O)OCC(=O)c3ccc(-c4ccc(C(=O)COC(=O)[C@@H]5C[C@@H](C)[C@@H](C)N5C(=O)OC(C)(C)C)cc4)cc3)N(C(=O)OC(C)(C)C)C12. The Labute approximate surface area is 304 Å². The van der Waals surface area contributed by atoms with E-state index in [1.165, 1.54) is 9.80 Å². The van der Waals surface area contributed by atoms with Gasteiger partial charge in [-0.25, -0.2) is 19.2 Å². The Hall–Kier alpha value is -5.00. The highest BCUT2D eigenvalue weighted by Crippen LogP contribution is 2.52. The summed E-state index contributed by atoms with van der Waals surface area (Å²) < 4.78 is 21.7. The summed E-state index contributed by atoms with van der Waals surface area (Å²) in [4.78, 5) is 80.2. The van der Waals surface area contributed by atoms with E-state index in [-0.39, 0.29) is 23.9 Å². The molecule has 3 fully saturated rings. The summed E-state index contributed by atoms with van der Waals surface area (Å²) in [6.45, 7) is 17.3. The van der Waals surface area contributed by atoms with Crippen LogP contribution < -0.4 is 0 Å². The number of ketones is 2. The number of hydrogen-bond acceptors (Lipinski definition) is 10. The van der Waals surface area contributed by atoms with Gasteiger partial charge in [0.2, 0.25) is 0 Å². The second-order valence-electron chi connectivity index (χ2n) is 15.8. The third kappa shape index (κ3) is 8.54. The molecule has 0 radical (unpaired) electrons. The Balaban J connectivity index is 1.12. The van der Waals surface area contributed by atoms with Crippen molar-refractivity contribution in [2.24, 2.45) is 11.8 Å². The molecule has 3 aliphatic rings. The van der Waals surface area contributed by atoms with E-state index in [9.17, 15) is 28.8 Å². The summed E-state index contributed by atoms with van der Waals surface area (Å²) in [6.07, 6.45) is -0.414. The zero-order valence-electron chi connectivity index (χ0n) is 31.1. The fraction of sp³-hybridized carbons (Fsp3) is 0.500. The van der Waals surface area contributed by atoms with Crippen LogP contribution in [0.3, 0.4) is 0 Å². The number of hydrogen-bond donors (Lipinski definition) is 0. The Morgan fingerprint density at radius 1 is 0.654 bits per heavy atom. The van der Waals surface area contributed by atoms with Gasteiger partial charge in [-0.05, 0) is 83.9 Å². The molecule has 2 saturated heterocycles. The Kier molecular flexibility index (Phi) is 10.7. The Bertz CT molecular complexity index is 1750. The number of ether oxygens (including phenoxy) is 4. The van der Waals surface area contributed by atoms with Gasteiger partial charge in [-0.3, -0.25) is 19.4 Å². The zero-order chi connectivity index (χ0) is 38.3. The highest BCUT2D eigenvalue weighted by atomic mass is 16.6. The maximum atomic E-state index is 13.0. The molecule has 0 spiro atoms. The molecule has 2 heterocycles. The molecule has 5 rings (SSSR count). The van der Waals surface area contributed by atoms with Gasteiger partial charge < -0.3 is 18.9 Å². The molecular weight excluding hydrogens is 668 g/mol. The van der Waals surface area contributed by atoms with Crippen LogP contribution in [-0.2, 0) is 28.5 Å². The quantitative estimate of drug-likeness (QED) is 0.124. The molecule has 6 atom stereocenters. The van der Waals surface area contributed by atoms with E-state index >= 15 is 0 Å². The lowest BCUT2D eigenvalue weighted by Crippen LogP contribution is -2.47. The van der Waals surface area contributed by atoms with Crippen LogP contribution in [-0.4, -0.2) is 94.1 Å². The Morgan fingerprint density at radius 2 is 1.06 bits per heavy atom. The highest BCUT2D eigenvalue weighted by molar-refractivity contribution is 6.00. The van der Waals surface area contributed by atoms with Crippen molar-refractivity contribution < 1.29 is 47.7 Å². The molecule has 2 unspecified atom stereocenters. The van der Waals surface area contributed by atoms with E-state index in [0.717, 1.165) is 16.7 Å². The van der Waals surface area contributed by atoms with E-state index < -0.39 is 72.2 Å². The van der Waals surface area contributed by atoms with Gasteiger partial charge in [0, 0.05) is 23.1 Å². The van der Waals surface area contributed by atoms with Gasteiger partial charge in [0.15, 0.2) is 24.8 Å².